The molecule has 0 unspecified atom stereocenters. The smallest absolute Gasteiger partial charge is 0.243 e. The van der Waals surface area contributed by atoms with Crippen LogP contribution in [0.25, 0.3) is 0 Å². The van der Waals surface area contributed by atoms with Crippen molar-refractivity contribution in [2.45, 2.75) is 0 Å². The summed E-state index contributed by atoms with van der Waals surface area (Å²) in [5, 5.41) is 15.4. The van der Waals surface area contributed by atoms with Gasteiger partial charge in [0.1, 0.15) is 5.69 Å². The Kier molecular flexibility index (Phi) is 3.20. The summed E-state index contributed by atoms with van der Waals surface area (Å²) in [5.74, 6) is 0.920. The molecule has 88 valence electrons. The summed E-state index contributed by atoms with van der Waals surface area (Å²) < 4.78 is 0. The minimum Gasteiger partial charge on any atom is -0.356 e. The Labute approximate surface area is 102 Å². The number of halogens is 1. The molecule has 0 radical (unpaired) electrons. The first-order chi connectivity index (χ1) is 8.22. The zero-order chi connectivity index (χ0) is 12.3. The maximum absolute atomic E-state index is 10.5. The Morgan fingerprint density at radius 1 is 1.47 bits per heavy atom. The standard InChI is InChI=1S/C9H9ClN6O/c1-11-8-13-9(15-14-8)12-5-2-3-6(10)7(4-5)16-17/h2-4H,1H3,(H3,11,12,13,14,15). The van der Waals surface area contributed by atoms with Gasteiger partial charge in [-0.25, -0.2) is 5.10 Å². The number of nitroso groups, excluding NO2 is 1. The molecule has 2 aromatic rings. The molecular formula is C9H9ClN6O. The van der Waals surface area contributed by atoms with E-state index in [0.29, 0.717) is 22.6 Å². The molecule has 8 heteroatoms. The highest BCUT2D eigenvalue weighted by molar-refractivity contribution is 6.33. The third kappa shape index (κ3) is 2.51. The van der Waals surface area contributed by atoms with E-state index in [1.165, 1.54) is 6.07 Å². The van der Waals surface area contributed by atoms with Crippen LogP contribution < -0.4 is 10.6 Å². The first-order valence-electron chi connectivity index (χ1n) is 4.73. The van der Waals surface area contributed by atoms with Crippen LogP contribution >= 0.6 is 11.6 Å². The van der Waals surface area contributed by atoms with Crippen LogP contribution in [0, 0.1) is 4.91 Å². The molecule has 1 heterocycles. The second-order valence-corrected chi connectivity index (χ2v) is 3.55. The van der Waals surface area contributed by atoms with E-state index in [1.807, 2.05) is 0 Å². The quantitative estimate of drug-likeness (QED) is 0.727. The molecule has 7 nitrogen and oxygen atoms in total. The fraction of sp³-hybridized carbons (Fsp3) is 0.111. The number of nitrogens with one attached hydrogen (secondary N) is 3. The number of anilines is 3. The van der Waals surface area contributed by atoms with E-state index < -0.39 is 0 Å². The van der Waals surface area contributed by atoms with Crippen molar-refractivity contribution in [3.63, 3.8) is 0 Å². The summed E-state index contributed by atoms with van der Waals surface area (Å²) in [4.78, 5) is 14.5. The molecule has 0 atom stereocenters. The average molecular weight is 253 g/mol. The molecule has 17 heavy (non-hydrogen) atoms. The number of hydrogen-bond donors (Lipinski definition) is 3. The zero-order valence-electron chi connectivity index (χ0n) is 8.86. The van der Waals surface area contributed by atoms with E-state index in [9.17, 15) is 4.91 Å². The number of H-pyrrole nitrogens is 1. The van der Waals surface area contributed by atoms with Crippen LogP contribution in [0.4, 0.5) is 23.3 Å². The van der Waals surface area contributed by atoms with Gasteiger partial charge in [0.15, 0.2) is 0 Å². The van der Waals surface area contributed by atoms with Crippen LogP contribution in [-0.2, 0) is 0 Å². The van der Waals surface area contributed by atoms with Gasteiger partial charge < -0.3 is 10.6 Å². The fourth-order valence-corrected chi connectivity index (χ4v) is 1.38. The maximum atomic E-state index is 10.5. The lowest BCUT2D eigenvalue weighted by atomic mass is 10.3. The maximum Gasteiger partial charge on any atom is 0.243 e. The van der Waals surface area contributed by atoms with Crippen molar-refractivity contribution >= 4 is 34.9 Å². The van der Waals surface area contributed by atoms with Crippen LogP contribution in [0.2, 0.25) is 5.02 Å². The van der Waals surface area contributed by atoms with E-state index >= 15 is 0 Å². The number of aromatic amines is 1. The van der Waals surface area contributed by atoms with Crippen molar-refractivity contribution in [2.75, 3.05) is 17.7 Å². The van der Waals surface area contributed by atoms with Gasteiger partial charge in [-0.15, -0.1) is 10.0 Å². The van der Waals surface area contributed by atoms with Gasteiger partial charge in [0.2, 0.25) is 11.9 Å². The third-order valence-electron chi connectivity index (χ3n) is 2.02. The normalized spacial score (nSPS) is 10.0. The van der Waals surface area contributed by atoms with E-state index in [2.05, 4.69) is 31.0 Å². The summed E-state index contributed by atoms with van der Waals surface area (Å²) >= 11 is 5.76. The molecule has 0 aliphatic rings. The van der Waals surface area contributed by atoms with Crippen molar-refractivity contribution in [3.05, 3.63) is 28.1 Å². The lowest BCUT2D eigenvalue weighted by molar-refractivity contribution is 1.09. The Morgan fingerprint density at radius 3 is 2.94 bits per heavy atom. The number of rotatable bonds is 4. The summed E-state index contributed by atoms with van der Waals surface area (Å²) in [6.45, 7) is 0. The number of nitrogens with zero attached hydrogens (tertiary/aromatic N) is 3. The highest BCUT2D eigenvalue weighted by Gasteiger charge is 2.05. The van der Waals surface area contributed by atoms with Gasteiger partial charge in [0.05, 0.1) is 5.02 Å². The SMILES string of the molecule is CNc1n[nH]c(Nc2ccc(Cl)c(N=O)c2)n1. The third-order valence-corrected chi connectivity index (χ3v) is 2.34. The molecule has 0 saturated heterocycles. The van der Waals surface area contributed by atoms with Crippen molar-refractivity contribution in [3.8, 4) is 0 Å². The van der Waals surface area contributed by atoms with Crippen LogP contribution in [0.3, 0.4) is 0 Å². The van der Waals surface area contributed by atoms with Gasteiger partial charge in [0, 0.05) is 12.7 Å². The van der Waals surface area contributed by atoms with Gasteiger partial charge in [0.25, 0.3) is 0 Å². The Bertz CT molecular complexity index is 540. The number of benzene rings is 1. The highest BCUT2D eigenvalue weighted by atomic mass is 35.5. The Morgan fingerprint density at radius 2 is 2.29 bits per heavy atom. The molecule has 1 aromatic heterocycles. The number of hydrogen-bond acceptors (Lipinski definition) is 6. The van der Waals surface area contributed by atoms with E-state index in [-0.39, 0.29) is 5.69 Å². The van der Waals surface area contributed by atoms with Gasteiger partial charge in [-0.2, -0.15) is 4.98 Å². The van der Waals surface area contributed by atoms with Crippen LogP contribution in [-0.4, -0.2) is 22.2 Å². The molecule has 3 N–H and O–H groups in total. The van der Waals surface area contributed by atoms with E-state index in [1.54, 1.807) is 19.2 Å². The topological polar surface area (TPSA) is 95.1 Å². The van der Waals surface area contributed by atoms with Crippen LogP contribution in [0.1, 0.15) is 0 Å². The fourth-order valence-electron chi connectivity index (χ4n) is 1.23. The molecule has 0 aliphatic heterocycles. The summed E-state index contributed by atoms with van der Waals surface area (Å²) in [6, 6.07) is 4.81. The molecule has 1 aromatic carbocycles. The largest absolute Gasteiger partial charge is 0.356 e. The minimum absolute atomic E-state index is 0.171. The predicted molar refractivity (Wildman–Crippen MR) is 66.1 cm³/mol. The van der Waals surface area contributed by atoms with E-state index in [4.69, 9.17) is 11.6 Å². The lowest BCUT2D eigenvalue weighted by Gasteiger charge is -2.02. The second kappa shape index (κ2) is 4.79. The molecule has 0 saturated carbocycles. The molecule has 0 spiro atoms. The predicted octanol–water partition coefficient (Wildman–Crippen LogP) is 2.64. The Hall–Kier alpha value is -2.15. The van der Waals surface area contributed by atoms with Gasteiger partial charge in [-0.05, 0) is 23.4 Å². The van der Waals surface area contributed by atoms with Crippen molar-refractivity contribution in [1.82, 2.24) is 15.2 Å². The van der Waals surface area contributed by atoms with Crippen molar-refractivity contribution < 1.29 is 0 Å². The molecule has 2 rings (SSSR count). The minimum atomic E-state index is 0.171. The lowest BCUT2D eigenvalue weighted by Crippen LogP contribution is -1.93. The molecule has 0 bridgehead atoms. The Balaban J connectivity index is 2.20. The van der Waals surface area contributed by atoms with Gasteiger partial charge in [-0.1, -0.05) is 11.6 Å². The first kappa shape index (κ1) is 11.3. The van der Waals surface area contributed by atoms with Crippen LogP contribution in [0.15, 0.2) is 23.4 Å². The van der Waals surface area contributed by atoms with Crippen molar-refractivity contribution in [1.29, 1.82) is 0 Å². The molecular weight excluding hydrogens is 244 g/mol. The summed E-state index contributed by atoms with van der Waals surface area (Å²) in [5.41, 5.74) is 0.813. The summed E-state index contributed by atoms with van der Waals surface area (Å²) in [7, 11) is 1.71. The van der Waals surface area contributed by atoms with Gasteiger partial charge in [-0.3, -0.25) is 0 Å². The monoisotopic (exact) mass is 252 g/mol. The highest BCUT2D eigenvalue weighted by Crippen LogP contribution is 2.28. The van der Waals surface area contributed by atoms with Gasteiger partial charge >= 0.3 is 0 Å². The van der Waals surface area contributed by atoms with Crippen LogP contribution in [0.5, 0.6) is 0 Å². The average Bonchev–Trinajstić information content (AvgIpc) is 2.79. The summed E-state index contributed by atoms with van der Waals surface area (Å²) in [6.07, 6.45) is 0. The molecule has 0 fully saturated rings. The second-order valence-electron chi connectivity index (χ2n) is 3.14. The first-order valence-corrected chi connectivity index (χ1v) is 5.11. The number of aromatic nitrogens is 3. The van der Waals surface area contributed by atoms with E-state index in [0.717, 1.165) is 0 Å². The molecule has 0 amide bonds. The van der Waals surface area contributed by atoms with Crippen molar-refractivity contribution in [2.24, 2.45) is 5.18 Å². The zero-order valence-corrected chi connectivity index (χ0v) is 9.62. The molecule has 0 aliphatic carbocycles.